The molecule has 21 heavy (non-hydrogen) atoms. The van der Waals surface area contributed by atoms with Gasteiger partial charge in [0.05, 0.1) is 6.10 Å². The fourth-order valence-electron chi connectivity index (χ4n) is 3.01. The zero-order valence-electron chi connectivity index (χ0n) is 12.9. The van der Waals surface area contributed by atoms with Crippen molar-refractivity contribution < 1.29 is 13.5 Å². The summed E-state index contributed by atoms with van der Waals surface area (Å²) in [7, 11) is 0. The zero-order valence-corrected chi connectivity index (χ0v) is 12.9. The molecule has 1 aromatic rings. The lowest BCUT2D eigenvalue weighted by atomic mass is 9.96. The summed E-state index contributed by atoms with van der Waals surface area (Å²) in [6.07, 6.45) is 5.18. The Balaban J connectivity index is 2.02. The van der Waals surface area contributed by atoms with E-state index in [4.69, 9.17) is 4.74 Å². The van der Waals surface area contributed by atoms with Crippen molar-refractivity contribution in [2.45, 2.75) is 58.1 Å². The van der Waals surface area contributed by atoms with Crippen molar-refractivity contribution in [1.29, 1.82) is 0 Å². The van der Waals surface area contributed by atoms with Gasteiger partial charge in [-0.05, 0) is 57.2 Å². The van der Waals surface area contributed by atoms with Crippen LogP contribution in [0.4, 0.5) is 8.78 Å². The van der Waals surface area contributed by atoms with Crippen LogP contribution in [0.3, 0.4) is 0 Å². The van der Waals surface area contributed by atoms with Crippen molar-refractivity contribution in [3.05, 3.63) is 34.9 Å². The summed E-state index contributed by atoms with van der Waals surface area (Å²) in [6, 6.07) is 2.58. The van der Waals surface area contributed by atoms with Crippen LogP contribution < -0.4 is 5.32 Å². The summed E-state index contributed by atoms with van der Waals surface area (Å²) in [5.41, 5.74) is 0.678. The van der Waals surface area contributed by atoms with Crippen molar-refractivity contribution in [2.24, 2.45) is 0 Å². The number of rotatable bonds is 7. The summed E-state index contributed by atoms with van der Waals surface area (Å²) in [5, 5.41) is 3.21. The number of nitrogens with one attached hydrogen (secondary N) is 1. The van der Waals surface area contributed by atoms with Gasteiger partial charge in [-0.2, -0.15) is 0 Å². The molecule has 0 saturated carbocycles. The van der Waals surface area contributed by atoms with Gasteiger partial charge >= 0.3 is 0 Å². The smallest absolute Gasteiger partial charge is 0.133 e. The van der Waals surface area contributed by atoms with Crippen molar-refractivity contribution in [1.82, 2.24) is 5.32 Å². The largest absolute Gasteiger partial charge is 0.378 e. The molecule has 0 bridgehead atoms. The van der Waals surface area contributed by atoms with Crippen LogP contribution in [0.15, 0.2) is 12.1 Å². The maximum atomic E-state index is 14.3. The van der Waals surface area contributed by atoms with Gasteiger partial charge < -0.3 is 10.1 Å². The molecule has 0 aromatic heterocycles. The number of benzene rings is 1. The van der Waals surface area contributed by atoms with Crippen molar-refractivity contribution in [2.75, 3.05) is 13.2 Å². The molecule has 2 atom stereocenters. The molecule has 118 valence electrons. The molecule has 1 saturated heterocycles. The molecule has 0 aliphatic carbocycles. The summed E-state index contributed by atoms with van der Waals surface area (Å²) in [4.78, 5) is 0. The molecule has 2 nitrogen and oxygen atoms in total. The second-order valence-corrected chi connectivity index (χ2v) is 5.77. The molecule has 1 aliphatic heterocycles. The lowest BCUT2D eigenvalue weighted by Crippen LogP contribution is -2.24. The SMILES string of the molecule is CCNC(CCCC1CCCO1)c1c(F)ccc(C)c1F. The van der Waals surface area contributed by atoms with Crippen LogP contribution in [-0.4, -0.2) is 19.3 Å². The van der Waals surface area contributed by atoms with Crippen LogP contribution >= 0.6 is 0 Å². The first-order valence-electron chi connectivity index (χ1n) is 7.93. The molecule has 0 spiro atoms. The third-order valence-corrected chi connectivity index (χ3v) is 4.16. The van der Waals surface area contributed by atoms with Crippen molar-refractivity contribution in [3.63, 3.8) is 0 Å². The van der Waals surface area contributed by atoms with Gasteiger partial charge in [0.1, 0.15) is 11.6 Å². The lowest BCUT2D eigenvalue weighted by molar-refractivity contribution is 0.101. The van der Waals surface area contributed by atoms with Crippen LogP contribution in [0.25, 0.3) is 0 Å². The van der Waals surface area contributed by atoms with Gasteiger partial charge in [0.15, 0.2) is 0 Å². The number of halogens is 2. The minimum absolute atomic E-state index is 0.184. The average molecular weight is 297 g/mol. The number of hydrogen-bond donors (Lipinski definition) is 1. The van der Waals surface area contributed by atoms with Crippen LogP contribution in [0.1, 0.15) is 56.2 Å². The standard InChI is InChI=1S/C17H25F2NO/c1-3-20-15(8-4-6-13-7-5-11-21-13)16-14(18)10-9-12(2)17(16)19/h9-10,13,15,20H,3-8,11H2,1-2H3. The Hall–Kier alpha value is -1.00. The van der Waals surface area contributed by atoms with E-state index in [2.05, 4.69) is 5.32 Å². The fourth-order valence-corrected chi connectivity index (χ4v) is 3.01. The quantitative estimate of drug-likeness (QED) is 0.811. The Morgan fingerprint density at radius 1 is 1.38 bits per heavy atom. The van der Waals surface area contributed by atoms with E-state index >= 15 is 0 Å². The first kappa shape index (κ1) is 16.4. The number of ether oxygens (including phenoxy) is 1. The van der Waals surface area contributed by atoms with Crippen LogP contribution in [0.2, 0.25) is 0 Å². The predicted molar refractivity (Wildman–Crippen MR) is 80.3 cm³/mol. The Labute approximate surface area is 125 Å². The monoisotopic (exact) mass is 297 g/mol. The molecule has 1 aliphatic rings. The van der Waals surface area contributed by atoms with E-state index in [-0.39, 0.29) is 11.6 Å². The van der Waals surface area contributed by atoms with Crippen LogP contribution in [0.5, 0.6) is 0 Å². The first-order chi connectivity index (χ1) is 10.1. The Morgan fingerprint density at radius 2 is 2.19 bits per heavy atom. The van der Waals surface area contributed by atoms with E-state index in [1.807, 2.05) is 6.92 Å². The van der Waals surface area contributed by atoms with E-state index in [9.17, 15) is 8.78 Å². The highest BCUT2D eigenvalue weighted by molar-refractivity contribution is 5.29. The van der Waals surface area contributed by atoms with E-state index in [0.717, 1.165) is 38.7 Å². The zero-order chi connectivity index (χ0) is 15.2. The second kappa shape index (κ2) is 7.85. The van der Waals surface area contributed by atoms with E-state index < -0.39 is 11.6 Å². The Kier molecular flexibility index (Phi) is 6.12. The average Bonchev–Trinajstić information content (AvgIpc) is 2.97. The van der Waals surface area contributed by atoms with Gasteiger partial charge in [0.25, 0.3) is 0 Å². The van der Waals surface area contributed by atoms with Gasteiger partial charge in [-0.1, -0.05) is 13.0 Å². The third-order valence-electron chi connectivity index (χ3n) is 4.16. The molecule has 1 heterocycles. The molecule has 1 aromatic carbocycles. The normalized spacial score (nSPS) is 19.9. The van der Waals surface area contributed by atoms with Gasteiger partial charge in [-0.25, -0.2) is 8.78 Å². The van der Waals surface area contributed by atoms with Crippen molar-refractivity contribution >= 4 is 0 Å². The van der Waals surface area contributed by atoms with Gasteiger partial charge in [-0.15, -0.1) is 0 Å². The predicted octanol–water partition coefficient (Wildman–Crippen LogP) is 4.27. The molecule has 2 rings (SSSR count). The highest BCUT2D eigenvalue weighted by Gasteiger charge is 2.22. The molecular formula is C17H25F2NO. The summed E-state index contributed by atoms with van der Waals surface area (Å²) in [5.74, 6) is -0.876. The van der Waals surface area contributed by atoms with E-state index in [1.165, 1.54) is 12.1 Å². The molecule has 0 radical (unpaired) electrons. The molecule has 4 heteroatoms. The lowest BCUT2D eigenvalue weighted by Gasteiger charge is -2.21. The highest BCUT2D eigenvalue weighted by Crippen LogP contribution is 2.28. The molecule has 0 amide bonds. The highest BCUT2D eigenvalue weighted by atomic mass is 19.1. The molecule has 1 fully saturated rings. The van der Waals surface area contributed by atoms with E-state index in [0.29, 0.717) is 18.2 Å². The molecular weight excluding hydrogens is 272 g/mol. The summed E-state index contributed by atoms with van der Waals surface area (Å²) < 4.78 is 33.9. The molecule has 1 N–H and O–H groups in total. The van der Waals surface area contributed by atoms with Crippen LogP contribution in [0, 0.1) is 18.6 Å². The Morgan fingerprint density at radius 3 is 2.86 bits per heavy atom. The van der Waals surface area contributed by atoms with E-state index in [1.54, 1.807) is 6.92 Å². The number of hydrogen-bond acceptors (Lipinski definition) is 2. The number of aryl methyl sites for hydroxylation is 1. The van der Waals surface area contributed by atoms with Crippen LogP contribution in [-0.2, 0) is 4.74 Å². The first-order valence-corrected chi connectivity index (χ1v) is 7.93. The fraction of sp³-hybridized carbons (Fsp3) is 0.647. The molecule has 2 unspecified atom stereocenters. The van der Waals surface area contributed by atoms with Gasteiger partial charge in [0.2, 0.25) is 0 Å². The van der Waals surface area contributed by atoms with Gasteiger partial charge in [-0.3, -0.25) is 0 Å². The maximum Gasteiger partial charge on any atom is 0.133 e. The second-order valence-electron chi connectivity index (χ2n) is 5.77. The Bertz CT molecular complexity index is 458. The maximum absolute atomic E-state index is 14.3. The van der Waals surface area contributed by atoms with Gasteiger partial charge in [0, 0.05) is 18.2 Å². The summed E-state index contributed by atoms with van der Waals surface area (Å²) in [6.45, 7) is 5.17. The summed E-state index contributed by atoms with van der Waals surface area (Å²) >= 11 is 0. The third kappa shape index (κ3) is 4.24. The van der Waals surface area contributed by atoms with Crippen molar-refractivity contribution in [3.8, 4) is 0 Å². The minimum Gasteiger partial charge on any atom is -0.378 e. The topological polar surface area (TPSA) is 21.3 Å². The minimum atomic E-state index is -0.457.